The highest BCUT2D eigenvalue weighted by Gasteiger charge is 2.20. The maximum Gasteiger partial charge on any atom is 0.275 e. The Morgan fingerprint density at radius 3 is 2.88 bits per heavy atom. The zero-order chi connectivity index (χ0) is 17.5. The summed E-state index contributed by atoms with van der Waals surface area (Å²) in [6.45, 7) is 5.39. The summed E-state index contributed by atoms with van der Waals surface area (Å²) in [6, 6.07) is 9.74. The van der Waals surface area contributed by atoms with Crippen molar-refractivity contribution >= 4 is 18.3 Å². The Balaban J connectivity index is 0.00000243. The van der Waals surface area contributed by atoms with Crippen molar-refractivity contribution in [2.24, 2.45) is 5.92 Å². The van der Waals surface area contributed by atoms with Gasteiger partial charge < -0.3 is 15.4 Å². The lowest BCUT2D eigenvalue weighted by Crippen LogP contribution is -2.27. The molecule has 0 radical (unpaired) electrons. The Hall–Kier alpha value is -2.05. The average Bonchev–Trinajstić information content (AvgIpc) is 3.30. The third-order valence-electron chi connectivity index (χ3n) is 4.38. The van der Waals surface area contributed by atoms with Crippen LogP contribution in [0.1, 0.15) is 36.7 Å². The Morgan fingerprint density at radius 2 is 2.19 bits per heavy atom. The van der Waals surface area contributed by atoms with E-state index in [1.165, 1.54) is 6.42 Å². The zero-order valence-corrected chi connectivity index (χ0v) is 15.9. The van der Waals surface area contributed by atoms with Crippen molar-refractivity contribution in [3.63, 3.8) is 0 Å². The number of rotatable bonds is 8. The van der Waals surface area contributed by atoms with Crippen LogP contribution in [0.25, 0.3) is 5.69 Å². The lowest BCUT2D eigenvalue weighted by molar-refractivity contribution is 0.0942. The second-order valence-corrected chi connectivity index (χ2v) is 6.37. The van der Waals surface area contributed by atoms with Crippen LogP contribution in [-0.4, -0.2) is 41.9 Å². The van der Waals surface area contributed by atoms with Crippen molar-refractivity contribution < 1.29 is 9.53 Å². The standard InChI is InChI=1S/C19H26N4O2.ClH/c1-2-12-25-17-14-23(16-6-4-3-5-7-16)22-18(17)19(24)21-11-9-15-8-10-20-13-15;/h3-7,14-15,20H,2,8-13H2,1H3,(H,21,24);1H. The SMILES string of the molecule is CCCOc1cn(-c2ccccc2)nc1C(=O)NCCC1CCNC1.Cl. The van der Waals surface area contributed by atoms with Gasteiger partial charge in [0.15, 0.2) is 11.4 Å². The molecule has 142 valence electrons. The molecule has 0 aliphatic carbocycles. The predicted octanol–water partition coefficient (Wildman–Crippen LogP) is 2.81. The lowest BCUT2D eigenvalue weighted by atomic mass is 10.1. The minimum atomic E-state index is -0.174. The highest BCUT2D eigenvalue weighted by atomic mass is 35.5. The molecule has 7 heteroatoms. The van der Waals surface area contributed by atoms with Crippen LogP contribution >= 0.6 is 12.4 Å². The van der Waals surface area contributed by atoms with Gasteiger partial charge in [0.2, 0.25) is 0 Å². The largest absolute Gasteiger partial charge is 0.489 e. The zero-order valence-electron chi connectivity index (χ0n) is 15.1. The van der Waals surface area contributed by atoms with Gasteiger partial charge in [0.25, 0.3) is 5.91 Å². The summed E-state index contributed by atoms with van der Waals surface area (Å²) in [5.41, 5.74) is 1.25. The van der Waals surface area contributed by atoms with Crippen LogP contribution in [0.2, 0.25) is 0 Å². The molecule has 1 saturated heterocycles. The maximum absolute atomic E-state index is 12.6. The fourth-order valence-electron chi connectivity index (χ4n) is 2.98. The molecule has 0 bridgehead atoms. The molecule has 0 spiro atoms. The number of nitrogens with zero attached hydrogens (tertiary/aromatic N) is 2. The predicted molar refractivity (Wildman–Crippen MR) is 105 cm³/mol. The van der Waals surface area contributed by atoms with Crippen LogP contribution in [0.3, 0.4) is 0 Å². The lowest BCUT2D eigenvalue weighted by Gasteiger charge is -2.09. The number of carbonyl (C=O) groups is 1. The molecule has 26 heavy (non-hydrogen) atoms. The van der Waals surface area contributed by atoms with Gasteiger partial charge in [0, 0.05) is 6.54 Å². The molecule has 2 heterocycles. The number of carbonyl (C=O) groups excluding carboxylic acids is 1. The molecule has 0 saturated carbocycles. The first-order valence-corrected chi connectivity index (χ1v) is 9.04. The van der Waals surface area contributed by atoms with E-state index in [-0.39, 0.29) is 18.3 Å². The monoisotopic (exact) mass is 378 g/mol. The second-order valence-electron chi connectivity index (χ2n) is 6.37. The minimum Gasteiger partial charge on any atom is -0.489 e. The van der Waals surface area contributed by atoms with Crippen LogP contribution in [0.15, 0.2) is 36.5 Å². The number of nitrogens with one attached hydrogen (secondary N) is 2. The summed E-state index contributed by atoms with van der Waals surface area (Å²) in [7, 11) is 0. The summed E-state index contributed by atoms with van der Waals surface area (Å²) in [4.78, 5) is 12.6. The number of ether oxygens (including phenoxy) is 1. The van der Waals surface area contributed by atoms with Gasteiger partial charge in [-0.2, -0.15) is 5.10 Å². The number of hydrogen-bond donors (Lipinski definition) is 2. The number of benzene rings is 1. The van der Waals surface area contributed by atoms with Crippen LogP contribution in [0, 0.1) is 5.92 Å². The minimum absolute atomic E-state index is 0. The van der Waals surface area contributed by atoms with E-state index in [0.717, 1.165) is 31.6 Å². The smallest absolute Gasteiger partial charge is 0.275 e. The van der Waals surface area contributed by atoms with Crippen LogP contribution < -0.4 is 15.4 Å². The summed E-state index contributed by atoms with van der Waals surface area (Å²) < 4.78 is 7.43. The van der Waals surface area contributed by atoms with Crippen LogP contribution in [0.5, 0.6) is 5.75 Å². The van der Waals surface area contributed by atoms with Crippen molar-refractivity contribution in [1.82, 2.24) is 20.4 Å². The van der Waals surface area contributed by atoms with E-state index in [1.807, 2.05) is 37.3 Å². The van der Waals surface area contributed by atoms with Crippen molar-refractivity contribution in [3.8, 4) is 11.4 Å². The maximum atomic E-state index is 12.6. The number of aromatic nitrogens is 2. The van der Waals surface area contributed by atoms with E-state index >= 15 is 0 Å². The Bertz CT molecular complexity index is 684. The van der Waals surface area contributed by atoms with Gasteiger partial charge in [-0.1, -0.05) is 25.1 Å². The second kappa shape index (κ2) is 10.2. The van der Waals surface area contributed by atoms with E-state index in [4.69, 9.17) is 4.74 Å². The molecule has 1 amide bonds. The van der Waals surface area contributed by atoms with Gasteiger partial charge in [-0.3, -0.25) is 4.79 Å². The Kier molecular flexibility index (Phi) is 7.94. The molecule has 1 unspecified atom stereocenters. The van der Waals surface area contributed by atoms with Crippen molar-refractivity contribution in [1.29, 1.82) is 0 Å². The van der Waals surface area contributed by atoms with Crippen LogP contribution in [0.4, 0.5) is 0 Å². The number of hydrogen-bond acceptors (Lipinski definition) is 4. The van der Waals surface area contributed by atoms with Crippen molar-refractivity contribution in [3.05, 3.63) is 42.2 Å². The first-order chi connectivity index (χ1) is 12.3. The molecule has 1 atom stereocenters. The van der Waals surface area contributed by atoms with Gasteiger partial charge in [0.1, 0.15) is 0 Å². The highest BCUT2D eigenvalue weighted by molar-refractivity contribution is 5.94. The van der Waals surface area contributed by atoms with Gasteiger partial charge in [-0.25, -0.2) is 4.68 Å². The molecular formula is C19H27ClN4O2. The fraction of sp³-hybridized carbons (Fsp3) is 0.474. The quantitative estimate of drug-likeness (QED) is 0.741. The van der Waals surface area contributed by atoms with Gasteiger partial charge in [-0.05, 0) is 50.4 Å². The van der Waals surface area contributed by atoms with E-state index in [0.29, 0.717) is 30.5 Å². The Labute approximate surface area is 160 Å². The van der Waals surface area contributed by atoms with E-state index in [1.54, 1.807) is 10.9 Å². The summed E-state index contributed by atoms with van der Waals surface area (Å²) in [5.74, 6) is 1.01. The van der Waals surface area contributed by atoms with E-state index in [9.17, 15) is 4.79 Å². The summed E-state index contributed by atoms with van der Waals surface area (Å²) >= 11 is 0. The normalized spacial score (nSPS) is 16.1. The third kappa shape index (κ3) is 5.22. The van der Waals surface area contributed by atoms with Gasteiger partial charge in [0.05, 0.1) is 18.5 Å². The molecule has 1 aliphatic rings. The average molecular weight is 379 g/mol. The van der Waals surface area contributed by atoms with Gasteiger partial charge in [-0.15, -0.1) is 12.4 Å². The van der Waals surface area contributed by atoms with Crippen molar-refractivity contribution in [2.75, 3.05) is 26.2 Å². The first-order valence-electron chi connectivity index (χ1n) is 9.04. The van der Waals surface area contributed by atoms with Crippen LogP contribution in [-0.2, 0) is 0 Å². The number of para-hydroxylation sites is 1. The molecule has 6 nitrogen and oxygen atoms in total. The Morgan fingerprint density at radius 1 is 1.38 bits per heavy atom. The van der Waals surface area contributed by atoms with E-state index < -0.39 is 0 Å². The molecule has 1 fully saturated rings. The topological polar surface area (TPSA) is 68.2 Å². The van der Waals surface area contributed by atoms with Gasteiger partial charge >= 0.3 is 0 Å². The van der Waals surface area contributed by atoms with Crippen molar-refractivity contribution in [2.45, 2.75) is 26.2 Å². The summed E-state index contributed by atoms with van der Waals surface area (Å²) in [5, 5.41) is 10.8. The third-order valence-corrected chi connectivity index (χ3v) is 4.38. The fourth-order valence-corrected chi connectivity index (χ4v) is 2.98. The molecule has 1 aliphatic heterocycles. The molecule has 2 aromatic rings. The molecule has 1 aromatic carbocycles. The number of halogens is 1. The first kappa shape index (κ1) is 20.3. The summed E-state index contributed by atoms with van der Waals surface area (Å²) in [6.07, 6.45) is 4.83. The molecular weight excluding hydrogens is 352 g/mol. The molecule has 1 aromatic heterocycles. The number of amides is 1. The van der Waals surface area contributed by atoms with E-state index in [2.05, 4.69) is 15.7 Å². The molecule has 2 N–H and O–H groups in total. The molecule has 3 rings (SSSR count). The highest BCUT2D eigenvalue weighted by Crippen LogP contribution is 2.20.